The lowest BCUT2D eigenvalue weighted by Gasteiger charge is -2.24. The van der Waals surface area contributed by atoms with Crippen LogP contribution in [-0.2, 0) is 9.47 Å². The topological polar surface area (TPSA) is 75.2 Å². The van der Waals surface area contributed by atoms with Gasteiger partial charge in [0.2, 0.25) is 0 Å². The summed E-state index contributed by atoms with van der Waals surface area (Å²) in [5.41, 5.74) is 8.16. The molecule has 3 heterocycles. The summed E-state index contributed by atoms with van der Waals surface area (Å²) < 4.78 is 14.8. The number of hydrogen-bond acceptors (Lipinski definition) is 5. The molecule has 1 saturated heterocycles. The lowest BCUT2D eigenvalue weighted by molar-refractivity contribution is -0.157. The van der Waals surface area contributed by atoms with E-state index in [1.807, 2.05) is 32.2 Å². The van der Waals surface area contributed by atoms with Crippen LogP contribution in [0.4, 0.5) is 5.82 Å². The molecule has 0 spiro atoms. The summed E-state index contributed by atoms with van der Waals surface area (Å²) >= 11 is 0. The average Bonchev–Trinajstić information content (AvgIpc) is 3.27. The maximum absolute atomic E-state index is 6.32. The minimum absolute atomic E-state index is 0.0223. The lowest BCUT2D eigenvalue weighted by atomic mass is 9.95. The van der Waals surface area contributed by atoms with E-state index in [2.05, 4.69) is 38.8 Å². The Morgan fingerprint density at radius 1 is 1.08 bits per heavy atom. The van der Waals surface area contributed by atoms with Gasteiger partial charge in [0.15, 0.2) is 5.79 Å². The van der Waals surface area contributed by atoms with Gasteiger partial charge in [0.05, 0.1) is 17.5 Å². The van der Waals surface area contributed by atoms with Gasteiger partial charge in [-0.05, 0) is 31.9 Å². The van der Waals surface area contributed by atoms with Crippen LogP contribution in [0.25, 0.3) is 11.0 Å². The largest absolute Gasteiger partial charge is 0.383 e. The van der Waals surface area contributed by atoms with Gasteiger partial charge >= 0.3 is 0 Å². The first kappa shape index (κ1) is 15.8. The Morgan fingerprint density at radius 2 is 1.85 bits per heavy atom. The van der Waals surface area contributed by atoms with Gasteiger partial charge in [-0.3, -0.25) is 0 Å². The second-order valence-corrected chi connectivity index (χ2v) is 7.60. The zero-order chi connectivity index (χ0) is 17.9. The van der Waals surface area contributed by atoms with Crippen molar-refractivity contribution >= 4 is 16.9 Å². The first-order chi connectivity index (χ1) is 12.5. The van der Waals surface area contributed by atoms with Gasteiger partial charge < -0.3 is 19.8 Å². The van der Waals surface area contributed by atoms with E-state index in [4.69, 9.17) is 15.2 Å². The van der Waals surface area contributed by atoms with Crippen LogP contribution in [0, 0.1) is 0 Å². The SMILES string of the molecule is CC1(C)O[C@@H]2[C@H](O1)[C@@H](c1ccccc1)C[C@H]2n1ccc2c(N)ncnc21. The van der Waals surface area contributed by atoms with Gasteiger partial charge in [0.1, 0.15) is 23.9 Å². The Kier molecular flexibility index (Phi) is 3.36. The Balaban J connectivity index is 1.59. The number of anilines is 1. The Morgan fingerprint density at radius 3 is 2.65 bits per heavy atom. The molecule has 5 rings (SSSR count). The van der Waals surface area contributed by atoms with Gasteiger partial charge in [-0.2, -0.15) is 0 Å². The van der Waals surface area contributed by atoms with E-state index in [-0.39, 0.29) is 24.2 Å². The fraction of sp³-hybridized carbons (Fsp3) is 0.400. The third kappa shape index (κ3) is 2.33. The molecule has 2 aliphatic rings. The summed E-state index contributed by atoms with van der Waals surface area (Å²) in [5, 5.41) is 0.880. The molecule has 1 aliphatic carbocycles. The summed E-state index contributed by atoms with van der Waals surface area (Å²) in [4.78, 5) is 8.57. The number of fused-ring (bicyclic) bond motifs is 2. The quantitative estimate of drug-likeness (QED) is 0.768. The number of ether oxygens (including phenoxy) is 2. The van der Waals surface area contributed by atoms with Crippen molar-refractivity contribution < 1.29 is 9.47 Å². The zero-order valence-electron chi connectivity index (χ0n) is 14.9. The van der Waals surface area contributed by atoms with Crippen LogP contribution >= 0.6 is 0 Å². The monoisotopic (exact) mass is 350 g/mol. The smallest absolute Gasteiger partial charge is 0.163 e. The van der Waals surface area contributed by atoms with Gasteiger partial charge in [0.25, 0.3) is 0 Å². The summed E-state index contributed by atoms with van der Waals surface area (Å²) in [6, 6.07) is 12.7. The molecular weight excluding hydrogens is 328 g/mol. The fourth-order valence-electron chi connectivity index (χ4n) is 4.51. The summed E-state index contributed by atoms with van der Waals surface area (Å²) in [6.07, 6.45) is 4.49. The third-order valence-corrected chi connectivity index (χ3v) is 5.56. The van der Waals surface area contributed by atoms with Crippen LogP contribution in [0.1, 0.15) is 37.8 Å². The molecule has 2 fully saturated rings. The molecule has 0 radical (unpaired) electrons. The van der Waals surface area contributed by atoms with Crippen molar-refractivity contribution in [3.05, 3.63) is 54.5 Å². The molecule has 1 aliphatic heterocycles. The molecule has 0 unspecified atom stereocenters. The van der Waals surface area contributed by atoms with E-state index in [9.17, 15) is 0 Å². The second kappa shape index (κ2) is 5.53. The summed E-state index contributed by atoms with van der Waals surface area (Å²) in [7, 11) is 0. The van der Waals surface area contributed by atoms with Crippen molar-refractivity contribution in [3.63, 3.8) is 0 Å². The van der Waals surface area contributed by atoms with Crippen molar-refractivity contribution in [2.45, 2.75) is 50.2 Å². The van der Waals surface area contributed by atoms with Crippen LogP contribution in [0.3, 0.4) is 0 Å². The van der Waals surface area contributed by atoms with Crippen molar-refractivity contribution in [1.29, 1.82) is 0 Å². The molecule has 2 aromatic heterocycles. The van der Waals surface area contributed by atoms with E-state index in [1.54, 1.807) is 0 Å². The van der Waals surface area contributed by atoms with Crippen molar-refractivity contribution in [1.82, 2.24) is 14.5 Å². The minimum Gasteiger partial charge on any atom is -0.383 e. The van der Waals surface area contributed by atoms with Gasteiger partial charge in [-0.1, -0.05) is 30.3 Å². The number of nitrogen functional groups attached to an aromatic ring is 1. The van der Waals surface area contributed by atoms with Crippen molar-refractivity contribution in [3.8, 4) is 0 Å². The highest BCUT2D eigenvalue weighted by Crippen LogP contribution is 2.51. The van der Waals surface area contributed by atoms with E-state index in [0.29, 0.717) is 5.82 Å². The van der Waals surface area contributed by atoms with E-state index < -0.39 is 5.79 Å². The van der Waals surface area contributed by atoms with E-state index >= 15 is 0 Å². The van der Waals surface area contributed by atoms with Crippen LogP contribution in [0.15, 0.2) is 48.9 Å². The summed E-state index contributed by atoms with van der Waals surface area (Å²) in [5.74, 6) is 0.203. The van der Waals surface area contributed by atoms with Crippen molar-refractivity contribution in [2.24, 2.45) is 0 Å². The predicted octanol–water partition coefficient (Wildman–Crippen LogP) is 3.26. The van der Waals surface area contributed by atoms with Crippen molar-refractivity contribution in [2.75, 3.05) is 5.73 Å². The molecule has 3 aromatic rings. The zero-order valence-corrected chi connectivity index (χ0v) is 14.9. The second-order valence-electron chi connectivity index (χ2n) is 7.60. The average molecular weight is 350 g/mol. The number of aromatic nitrogens is 3. The standard InChI is InChI=1S/C20H22N4O2/c1-20(2)25-16-14(12-6-4-3-5-7-12)10-15(17(16)26-20)24-9-8-13-18(21)22-11-23-19(13)24/h3-9,11,14-17H,10H2,1-2H3,(H2,21,22,23)/t14-,15-,16-,17+/m1/s1. The van der Waals surface area contributed by atoms with Crippen LogP contribution in [0.5, 0.6) is 0 Å². The number of benzene rings is 1. The summed E-state index contributed by atoms with van der Waals surface area (Å²) in [6.45, 7) is 3.97. The molecule has 6 nitrogen and oxygen atoms in total. The Hall–Kier alpha value is -2.44. The first-order valence-electron chi connectivity index (χ1n) is 9.01. The highest BCUT2D eigenvalue weighted by Gasteiger charge is 2.55. The van der Waals surface area contributed by atoms with Crippen LogP contribution in [0.2, 0.25) is 0 Å². The molecule has 26 heavy (non-hydrogen) atoms. The third-order valence-electron chi connectivity index (χ3n) is 5.56. The molecule has 4 atom stereocenters. The van der Waals surface area contributed by atoms with Crippen LogP contribution < -0.4 is 5.73 Å². The van der Waals surface area contributed by atoms with Crippen LogP contribution in [-0.4, -0.2) is 32.5 Å². The molecule has 0 amide bonds. The first-order valence-corrected chi connectivity index (χ1v) is 9.01. The Labute approximate surface area is 152 Å². The van der Waals surface area contributed by atoms with Gasteiger partial charge in [-0.25, -0.2) is 9.97 Å². The Bertz CT molecular complexity index is 953. The normalized spacial score (nSPS) is 29.9. The van der Waals surface area contributed by atoms with E-state index in [1.165, 1.54) is 11.9 Å². The minimum atomic E-state index is -0.585. The highest BCUT2D eigenvalue weighted by atomic mass is 16.8. The maximum atomic E-state index is 6.32. The number of nitrogens with two attached hydrogens (primary N) is 1. The molecule has 1 aromatic carbocycles. The molecule has 6 heteroatoms. The molecule has 0 bridgehead atoms. The molecule has 134 valence electrons. The number of rotatable bonds is 2. The number of hydrogen-bond donors (Lipinski definition) is 1. The maximum Gasteiger partial charge on any atom is 0.163 e. The molecular formula is C20H22N4O2. The number of nitrogens with zero attached hydrogens (tertiary/aromatic N) is 3. The lowest BCUT2D eigenvalue weighted by Crippen LogP contribution is -2.27. The van der Waals surface area contributed by atoms with Gasteiger partial charge in [0, 0.05) is 12.1 Å². The highest BCUT2D eigenvalue weighted by molar-refractivity contribution is 5.86. The van der Waals surface area contributed by atoms with E-state index in [0.717, 1.165) is 17.5 Å². The van der Waals surface area contributed by atoms with Gasteiger partial charge in [-0.15, -0.1) is 0 Å². The predicted molar refractivity (Wildman–Crippen MR) is 98.6 cm³/mol. The molecule has 2 N–H and O–H groups in total. The molecule has 1 saturated carbocycles. The fourth-order valence-corrected chi connectivity index (χ4v) is 4.51.